The van der Waals surface area contributed by atoms with Crippen molar-refractivity contribution in [3.05, 3.63) is 35.4 Å². The van der Waals surface area contributed by atoms with Crippen LogP contribution in [0.15, 0.2) is 24.3 Å². The van der Waals surface area contributed by atoms with Gasteiger partial charge in [0.05, 0.1) is 5.56 Å². The molecule has 0 aliphatic heterocycles. The lowest BCUT2D eigenvalue weighted by Gasteiger charge is -2.10. The second-order valence-corrected chi connectivity index (χ2v) is 3.28. The molecule has 0 aliphatic rings. The van der Waals surface area contributed by atoms with Crippen LogP contribution in [0.25, 0.3) is 0 Å². The minimum Gasteiger partial charge on any atom is -0.166 e. The lowest BCUT2D eigenvalue weighted by Crippen LogP contribution is -2.05. The van der Waals surface area contributed by atoms with Gasteiger partial charge in [-0.2, -0.15) is 13.2 Å². The highest BCUT2D eigenvalue weighted by Gasteiger charge is 2.30. The van der Waals surface area contributed by atoms with Crippen LogP contribution in [0, 0.1) is 0 Å². The van der Waals surface area contributed by atoms with Gasteiger partial charge >= 0.3 is 6.18 Å². The van der Waals surface area contributed by atoms with Gasteiger partial charge in [-0.1, -0.05) is 39.5 Å². The fourth-order valence-electron chi connectivity index (χ4n) is 1.07. The van der Waals surface area contributed by atoms with Crippen molar-refractivity contribution in [2.45, 2.75) is 33.4 Å². The van der Waals surface area contributed by atoms with Crippen LogP contribution >= 0.6 is 0 Å². The van der Waals surface area contributed by atoms with E-state index < -0.39 is 11.7 Å². The van der Waals surface area contributed by atoms with E-state index in [2.05, 4.69) is 0 Å². The van der Waals surface area contributed by atoms with Crippen molar-refractivity contribution >= 4 is 0 Å². The van der Waals surface area contributed by atoms with Gasteiger partial charge in [-0.3, -0.25) is 0 Å². The molecule has 80 valence electrons. The summed E-state index contributed by atoms with van der Waals surface area (Å²) in [5, 5.41) is 0. The molecule has 0 atom stereocenters. The van der Waals surface area contributed by atoms with Gasteiger partial charge in [-0.25, -0.2) is 0 Å². The van der Waals surface area contributed by atoms with E-state index in [1.807, 2.05) is 13.8 Å². The fraction of sp³-hybridized carbons (Fsp3) is 0.455. The zero-order valence-electron chi connectivity index (χ0n) is 7.52. The van der Waals surface area contributed by atoms with E-state index in [1.165, 1.54) is 12.1 Å². The standard InChI is InChI=1S/C10H11F3.CH4/c1-7(2)8-4-3-5-9(6-8)10(11,12)13;/h3-7H,1-2H3;1H4. The molecule has 0 N–H and O–H groups in total. The molecule has 0 bridgehead atoms. The molecule has 0 spiro atoms. The Labute approximate surface area is 82.8 Å². The molecule has 0 saturated heterocycles. The van der Waals surface area contributed by atoms with Crippen LogP contribution in [0.1, 0.15) is 38.3 Å². The number of rotatable bonds is 1. The van der Waals surface area contributed by atoms with Crippen molar-refractivity contribution in [3.63, 3.8) is 0 Å². The van der Waals surface area contributed by atoms with Gasteiger partial charge in [0.25, 0.3) is 0 Å². The summed E-state index contributed by atoms with van der Waals surface area (Å²) >= 11 is 0. The van der Waals surface area contributed by atoms with Crippen LogP contribution in [0.3, 0.4) is 0 Å². The molecule has 3 heteroatoms. The number of hydrogen-bond acceptors (Lipinski definition) is 0. The zero-order valence-corrected chi connectivity index (χ0v) is 7.52. The summed E-state index contributed by atoms with van der Waals surface area (Å²) in [5.41, 5.74) is 0.147. The lowest BCUT2D eigenvalue weighted by atomic mass is 10.0. The van der Waals surface area contributed by atoms with Gasteiger partial charge in [0, 0.05) is 0 Å². The van der Waals surface area contributed by atoms with Gasteiger partial charge < -0.3 is 0 Å². The smallest absolute Gasteiger partial charge is 0.166 e. The van der Waals surface area contributed by atoms with Gasteiger partial charge in [-0.15, -0.1) is 0 Å². The van der Waals surface area contributed by atoms with Crippen LogP contribution in [-0.4, -0.2) is 0 Å². The maximum Gasteiger partial charge on any atom is 0.416 e. The summed E-state index contributed by atoms with van der Waals surface area (Å²) < 4.78 is 36.7. The van der Waals surface area contributed by atoms with E-state index >= 15 is 0 Å². The van der Waals surface area contributed by atoms with Gasteiger partial charge in [0.1, 0.15) is 0 Å². The second-order valence-electron chi connectivity index (χ2n) is 3.28. The third kappa shape index (κ3) is 3.05. The van der Waals surface area contributed by atoms with Gasteiger partial charge in [-0.05, 0) is 17.5 Å². The molecule has 14 heavy (non-hydrogen) atoms. The number of alkyl halides is 3. The molecule has 0 heterocycles. The Balaban J connectivity index is 0.00000169. The van der Waals surface area contributed by atoms with E-state index in [4.69, 9.17) is 0 Å². The molecule has 0 aromatic heterocycles. The van der Waals surface area contributed by atoms with Crippen LogP contribution in [0.2, 0.25) is 0 Å². The van der Waals surface area contributed by atoms with E-state index in [1.54, 1.807) is 6.07 Å². The maximum atomic E-state index is 12.2. The first kappa shape index (κ1) is 13.0. The van der Waals surface area contributed by atoms with E-state index in [0.717, 1.165) is 11.6 Å². The summed E-state index contributed by atoms with van der Waals surface area (Å²) in [7, 11) is 0. The molecule has 0 saturated carbocycles. The first-order valence-electron chi connectivity index (χ1n) is 4.08. The van der Waals surface area contributed by atoms with Gasteiger partial charge in [0.15, 0.2) is 0 Å². The average molecular weight is 204 g/mol. The Kier molecular flexibility index (Phi) is 4.17. The van der Waals surface area contributed by atoms with Crippen molar-refractivity contribution in [3.8, 4) is 0 Å². The monoisotopic (exact) mass is 204 g/mol. The first-order chi connectivity index (χ1) is 5.91. The zero-order chi connectivity index (χ0) is 10.1. The third-order valence-electron chi connectivity index (χ3n) is 1.88. The highest BCUT2D eigenvalue weighted by atomic mass is 19.4. The highest BCUT2D eigenvalue weighted by Crippen LogP contribution is 2.30. The summed E-state index contributed by atoms with van der Waals surface area (Å²) in [6.07, 6.45) is -4.23. The number of hydrogen-bond donors (Lipinski definition) is 0. The first-order valence-corrected chi connectivity index (χ1v) is 4.08. The summed E-state index contributed by atoms with van der Waals surface area (Å²) in [5.74, 6) is 0.127. The summed E-state index contributed by atoms with van der Waals surface area (Å²) in [4.78, 5) is 0. The Morgan fingerprint density at radius 3 is 2.14 bits per heavy atom. The van der Waals surface area contributed by atoms with Crippen molar-refractivity contribution in [2.75, 3.05) is 0 Å². The maximum absolute atomic E-state index is 12.2. The van der Waals surface area contributed by atoms with Crippen LogP contribution < -0.4 is 0 Å². The molecule has 0 amide bonds. The topological polar surface area (TPSA) is 0 Å². The largest absolute Gasteiger partial charge is 0.416 e. The van der Waals surface area contributed by atoms with Crippen molar-refractivity contribution in [1.82, 2.24) is 0 Å². The van der Waals surface area contributed by atoms with E-state index in [9.17, 15) is 13.2 Å². The molecule has 0 nitrogen and oxygen atoms in total. The Bertz CT molecular complexity index is 287. The molecular formula is C11H15F3. The molecule has 1 aromatic carbocycles. The molecule has 0 fully saturated rings. The molecule has 1 aromatic rings. The predicted molar refractivity (Wildman–Crippen MR) is 52.3 cm³/mol. The van der Waals surface area contributed by atoms with E-state index in [0.29, 0.717) is 0 Å². The molecule has 0 aliphatic carbocycles. The summed E-state index contributed by atoms with van der Waals surface area (Å²) in [6, 6.07) is 5.44. The fourth-order valence-corrected chi connectivity index (χ4v) is 1.07. The third-order valence-corrected chi connectivity index (χ3v) is 1.88. The normalized spacial score (nSPS) is 11.3. The quantitative estimate of drug-likeness (QED) is 0.633. The van der Waals surface area contributed by atoms with Crippen molar-refractivity contribution in [1.29, 1.82) is 0 Å². The van der Waals surface area contributed by atoms with Crippen molar-refractivity contribution in [2.24, 2.45) is 0 Å². The SMILES string of the molecule is C.CC(C)c1cccc(C(F)(F)F)c1. The predicted octanol–water partition coefficient (Wildman–Crippen LogP) is 4.46. The summed E-state index contributed by atoms with van der Waals surface area (Å²) in [6.45, 7) is 3.74. The Morgan fingerprint density at radius 2 is 1.71 bits per heavy atom. The lowest BCUT2D eigenvalue weighted by molar-refractivity contribution is -0.137. The second kappa shape index (κ2) is 4.49. The highest BCUT2D eigenvalue weighted by molar-refractivity contribution is 5.27. The Hall–Kier alpha value is -0.990. The molecule has 1 rings (SSSR count). The van der Waals surface area contributed by atoms with Crippen LogP contribution in [-0.2, 0) is 6.18 Å². The van der Waals surface area contributed by atoms with Crippen molar-refractivity contribution < 1.29 is 13.2 Å². The minimum absolute atomic E-state index is 0. The average Bonchev–Trinajstić information content (AvgIpc) is 2.03. The molecule has 0 radical (unpaired) electrons. The van der Waals surface area contributed by atoms with Crippen LogP contribution in [0.4, 0.5) is 13.2 Å². The van der Waals surface area contributed by atoms with Crippen LogP contribution in [0.5, 0.6) is 0 Å². The van der Waals surface area contributed by atoms with Gasteiger partial charge in [0.2, 0.25) is 0 Å². The minimum atomic E-state index is -4.23. The molecule has 0 unspecified atom stereocenters. The number of benzene rings is 1. The Morgan fingerprint density at radius 1 is 1.14 bits per heavy atom. The molecular weight excluding hydrogens is 189 g/mol. The number of halogens is 3. The van der Waals surface area contributed by atoms with E-state index in [-0.39, 0.29) is 13.3 Å².